The van der Waals surface area contributed by atoms with Crippen molar-refractivity contribution in [3.63, 3.8) is 0 Å². The third kappa shape index (κ3) is 15.2. The monoisotopic (exact) mass is 822 g/mol. The van der Waals surface area contributed by atoms with Crippen LogP contribution in [0.2, 0.25) is 10.0 Å². The summed E-state index contributed by atoms with van der Waals surface area (Å²) in [7, 11) is 0. The van der Waals surface area contributed by atoms with Crippen molar-refractivity contribution in [2.24, 2.45) is 0 Å². The Kier molecular flexibility index (Phi) is 19.0. The number of hydrogen-bond acceptors (Lipinski definition) is 11. The highest BCUT2D eigenvalue weighted by Crippen LogP contribution is 2.32. The summed E-state index contributed by atoms with van der Waals surface area (Å²) >= 11 is 12.6. The zero-order valence-corrected chi connectivity index (χ0v) is 34.9. The zero-order valence-electron chi connectivity index (χ0n) is 33.4. The standard InChI is InChI=1S/C20H30ClN3O3.C11H12ClNO2.C9H18N2O2.CH4/c1-20(2,3)27-19(25)24-9-7-22(8-10-24)15-16-5-4-6-17(21)18(16)23-11-13-26-14-12-23;12-10-3-1-2-9(8-14)11(10)13-4-6-15-7-5-13;1-9(2,3)13-8(12)11-6-4-10-5-7-11;/h4-6H,7-15H2,1-3H3;1-3,8H,4-7H2;10H,4-7H2,1-3H3;1H4. The van der Waals surface area contributed by atoms with Gasteiger partial charge in [-0.15, -0.1) is 0 Å². The van der Waals surface area contributed by atoms with Crippen molar-refractivity contribution in [2.45, 2.75) is 66.7 Å². The molecule has 4 saturated heterocycles. The average Bonchev–Trinajstić information content (AvgIpc) is 3.15. The Hall–Kier alpha value is -3.33. The number of hydrogen-bond donors (Lipinski definition) is 1. The minimum absolute atomic E-state index is 0. The molecule has 0 bridgehead atoms. The van der Waals surface area contributed by atoms with E-state index < -0.39 is 5.60 Å². The number of amides is 2. The van der Waals surface area contributed by atoms with E-state index in [1.54, 1.807) is 28.0 Å². The van der Waals surface area contributed by atoms with E-state index in [1.165, 1.54) is 5.56 Å². The van der Waals surface area contributed by atoms with Crippen molar-refractivity contribution in [1.82, 2.24) is 20.0 Å². The zero-order chi connectivity index (χ0) is 40.0. The Morgan fingerprint density at radius 2 is 1.12 bits per heavy atom. The number of para-hydroxylation sites is 2. The van der Waals surface area contributed by atoms with Gasteiger partial charge >= 0.3 is 12.2 Å². The highest BCUT2D eigenvalue weighted by atomic mass is 35.5. The molecule has 1 N–H and O–H groups in total. The Morgan fingerprint density at radius 1 is 0.679 bits per heavy atom. The summed E-state index contributed by atoms with van der Waals surface area (Å²) in [5, 5.41) is 4.60. The predicted molar refractivity (Wildman–Crippen MR) is 225 cm³/mol. The first kappa shape index (κ1) is 47.0. The largest absolute Gasteiger partial charge is 0.444 e. The number of benzene rings is 2. The number of piperazine rings is 2. The molecule has 0 atom stereocenters. The number of rotatable bonds is 5. The van der Waals surface area contributed by atoms with E-state index in [2.05, 4.69) is 26.1 Å². The third-order valence-electron chi connectivity index (χ3n) is 9.06. The number of carbonyl (C=O) groups is 3. The van der Waals surface area contributed by atoms with Gasteiger partial charge in [-0.2, -0.15) is 0 Å². The van der Waals surface area contributed by atoms with Crippen LogP contribution in [0.5, 0.6) is 0 Å². The maximum Gasteiger partial charge on any atom is 0.410 e. The van der Waals surface area contributed by atoms with Gasteiger partial charge in [-0.1, -0.05) is 48.8 Å². The topological polar surface area (TPSA) is 116 Å². The van der Waals surface area contributed by atoms with E-state index >= 15 is 0 Å². The van der Waals surface area contributed by atoms with Gasteiger partial charge in [0.15, 0.2) is 6.29 Å². The first-order valence-electron chi connectivity index (χ1n) is 19.2. The van der Waals surface area contributed by atoms with Crippen molar-refractivity contribution in [3.8, 4) is 0 Å². The lowest BCUT2D eigenvalue weighted by Crippen LogP contribution is -2.49. The van der Waals surface area contributed by atoms with E-state index in [-0.39, 0.29) is 25.2 Å². The molecule has 0 radical (unpaired) electrons. The molecular formula is C41H64Cl2N6O7. The van der Waals surface area contributed by atoms with Crippen LogP contribution in [0.1, 0.15) is 64.9 Å². The van der Waals surface area contributed by atoms with Gasteiger partial charge in [-0.05, 0) is 65.3 Å². The fraction of sp³-hybridized carbons (Fsp3) is 0.634. The molecule has 4 aliphatic heterocycles. The van der Waals surface area contributed by atoms with E-state index in [0.717, 1.165) is 108 Å². The molecule has 2 amide bonds. The summed E-state index contributed by atoms with van der Waals surface area (Å²) in [6.07, 6.45) is 0.421. The quantitative estimate of drug-likeness (QED) is 0.326. The van der Waals surface area contributed by atoms with Crippen LogP contribution < -0.4 is 15.1 Å². The summed E-state index contributed by atoms with van der Waals surface area (Å²) in [5.74, 6) is 0. The molecule has 4 heterocycles. The highest BCUT2D eigenvalue weighted by Gasteiger charge is 2.27. The van der Waals surface area contributed by atoms with E-state index in [4.69, 9.17) is 42.1 Å². The van der Waals surface area contributed by atoms with Crippen LogP contribution in [0.3, 0.4) is 0 Å². The van der Waals surface area contributed by atoms with Crippen molar-refractivity contribution < 1.29 is 33.3 Å². The normalized spacial score (nSPS) is 18.0. The SMILES string of the molecule is C.CC(C)(C)OC(=O)N1CCN(Cc2cccc(Cl)c2N2CCOCC2)CC1.CC(C)(C)OC(=O)N1CCNCC1.O=Cc1cccc(Cl)c1N1CCOCC1. The lowest BCUT2D eigenvalue weighted by molar-refractivity contribution is 0.0138. The van der Waals surface area contributed by atoms with Gasteiger partial charge in [-0.25, -0.2) is 9.59 Å². The number of anilines is 2. The molecule has 0 saturated carbocycles. The minimum atomic E-state index is -0.456. The molecule has 2 aromatic carbocycles. The third-order valence-corrected chi connectivity index (χ3v) is 9.67. The summed E-state index contributed by atoms with van der Waals surface area (Å²) in [6, 6.07) is 11.5. The predicted octanol–water partition coefficient (Wildman–Crippen LogP) is 6.68. The van der Waals surface area contributed by atoms with Gasteiger partial charge in [0.05, 0.1) is 47.8 Å². The lowest BCUT2D eigenvalue weighted by atomic mass is 10.1. The fourth-order valence-corrected chi connectivity index (χ4v) is 7.02. The molecule has 13 nitrogen and oxygen atoms in total. The molecule has 56 heavy (non-hydrogen) atoms. The molecule has 0 aromatic heterocycles. The second kappa shape index (κ2) is 22.6. The van der Waals surface area contributed by atoms with Gasteiger partial charge in [0.1, 0.15) is 11.2 Å². The lowest BCUT2D eigenvalue weighted by Gasteiger charge is -2.37. The molecule has 314 valence electrons. The van der Waals surface area contributed by atoms with Gasteiger partial charge in [0.25, 0.3) is 0 Å². The smallest absolute Gasteiger partial charge is 0.410 e. The second-order valence-corrected chi connectivity index (χ2v) is 16.5. The number of ether oxygens (including phenoxy) is 4. The molecule has 2 aromatic rings. The van der Waals surface area contributed by atoms with Crippen LogP contribution >= 0.6 is 23.2 Å². The van der Waals surface area contributed by atoms with E-state index in [9.17, 15) is 14.4 Å². The van der Waals surface area contributed by atoms with Crippen molar-refractivity contribution in [2.75, 3.05) is 115 Å². The molecule has 6 rings (SSSR count). The van der Waals surface area contributed by atoms with Gasteiger partial charge in [0, 0.05) is 90.6 Å². The fourth-order valence-electron chi connectivity index (χ4n) is 6.41. The van der Waals surface area contributed by atoms with Crippen LogP contribution in [0.15, 0.2) is 36.4 Å². The Balaban J connectivity index is 0.000000245. The number of carbonyl (C=O) groups excluding carboxylic acids is 3. The summed E-state index contributed by atoms with van der Waals surface area (Å²) < 4.78 is 21.5. The first-order chi connectivity index (χ1) is 26.1. The van der Waals surface area contributed by atoms with Crippen LogP contribution in [0.4, 0.5) is 21.0 Å². The van der Waals surface area contributed by atoms with Crippen LogP contribution in [0, 0.1) is 0 Å². The molecule has 4 aliphatic rings. The maximum atomic E-state index is 12.2. The minimum Gasteiger partial charge on any atom is -0.444 e. The van der Waals surface area contributed by atoms with Crippen LogP contribution in [0.25, 0.3) is 0 Å². The molecule has 0 aliphatic carbocycles. The second-order valence-electron chi connectivity index (χ2n) is 15.7. The van der Waals surface area contributed by atoms with Crippen LogP contribution in [-0.2, 0) is 25.5 Å². The van der Waals surface area contributed by atoms with Crippen molar-refractivity contribution >= 4 is 53.0 Å². The molecule has 0 spiro atoms. The van der Waals surface area contributed by atoms with Crippen LogP contribution in [-0.4, -0.2) is 149 Å². The Morgan fingerprint density at radius 3 is 1.61 bits per heavy atom. The average molecular weight is 824 g/mol. The number of aldehydes is 1. The number of morpholine rings is 2. The number of halogens is 2. The van der Waals surface area contributed by atoms with Gasteiger partial charge < -0.3 is 43.9 Å². The molecule has 4 fully saturated rings. The number of nitrogens with zero attached hydrogens (tertiary/aromatic N) is 5. The Bertz CT molecular complexity index is 1530. The maximum absolute atomic E-state index is 12.2. The summed E-state index contributed by atoms with van der Waals surface area (Å²) in [5.41, 5.74) is 2.98. The summed E-state index contributed by atoms with van der Waals surface area (Å²) in [6.45, 7) is 24.5. The van der Waals surface area contributed by atoms with Gasteiger partial charge in [-0.3, -0.25) is 9.69 Å². The van der Waals surface area contributed by atoms with Gasteiger partial charge in [0.2, 0.25) is 0 Å². The first-order valence-corrected chi connectivity index (χ1v) is 20.0. The highest BCUT2D eigenvalue weighted by molar-refractivity contribution is 6.34. The molecule has 15 heteroatoms. The van der Waals surface area contributed by atoms with E-state index in [0.29, 0.717) is 36.9 Å². The summed E-state index contributed by atoms with van der Waals surface area (Å²) in [4.78, 5) is 44.9. The van der Waals surface area contributed by atoms with E-state index in [1.807, 2.05) is 53.7 Å². The number of nitrogens with one attached hydrogen (secondary N) is 1. The molecular weight excluding hydrogens is 759 g/mol. The molecule has 0 unspecified atom stereocenters. The van der Waals surface area contributed by atoms with Crippen molar-refractivity contribution in [1.29, 1.82) is 0 Å². The Labute approximate surface area is 344 Å². The van der Waals surface area contributed by atoms with Crippen molar-refractivity contribution in [3.05, 3.63) is 57.6 Å².